The van der Waals surface area contributed by atoms with Crippen LogP contribution in [0.15, 0.2) is 42.5 Å². The fourth-order valence-electron chi connectivity index (χ4n) is 4.92. The van der Waals surface area contributed by atoms with Crippen molar-refractivity contribution in [2.45, 2.75) is 63.5 Å². The van der Waals surface area contributed by atoms with Gasteiger partial charge in [-0.3, -0.25) is 28.8 Å². The van der Waals surface area contributed by atoms with Crippen molar-refractivity contribution in [3.05, 3.63) is 59.2 Å². The van der Waals surface area contributed by atoms with E-state index in [1.807, 2.05) is 0 Å². The molecule has 11 N–H and O–H groups in total. The number of benzene rings is 2. The summed E-state index contributed by atoms with van der Waals surface area (Å²) < 4.78 is 0. The fraction of sp³-hybridized carbons (Fsp3) is 0.419. The first kappa shape index (κ1) is 34.7. The Morgan fingerprint density at radius 2 is 1.42 bits per heavy atom. The minimum atomic E-state index is -1.18. The quantitative estimate of drug-likeness (QED) is 0.140. The van der Waals surface area contributed by atoms with Gasteiger partial charge < -0.3 is 43.6 Å². The van der Waals surface area contributed by atoms with E-state index in [4.69, 9.17) is 22.3 Å². The highest BCUT2D eigenvalue weighted by Gasteiger charge is 2.20. The van der Waals surface area contributed by atoms with Crippen LogP contribution in [0.4, 0.5) is 11.4 Å². The lowest BCUT2D eigenvalue weighted by Crippen LogP contribution is -2.43. The van der Waals surface area contributed by atoms with Gasteiger partial charge >= 0.3 is 5.97 Å². The molecule has 1 saturated carbocycles. The van der Waals surface area contributed by atoms with Crippen molar-refractivity contribution in [1.29, 1.82) is 0 Å². The van der Waals surface area contributed by atoms with Crippen LogP contribution in [-0.4, -0.2) is 65.8 Å². The third-order valence-electron chi connectivity index (χ3n) is 7.46. The van der Waals surface area contributed by atoms with Crippen molar-refractivity contribution >= 4 is 46.9 Å². The number of anilines is 2. The second-order valence-corrected chi connectivity index (χ2v) is 11.2. The van der Waals surface area contributed by atoms with Crippen molar-refractivity contribution in [3.8, 4) is 0 Å². The number of hydrogen-bond acceptors (Lipinski definition) is 8. The number of aliphatic carboxylic acids is 1. The molecule has 242 valence electrons. The van der Waals surface area contributed by atoms with Crippen molar-refractivity contribution in [2.75, 3.05) is 23.7 Å². The van der Waals surface area contributed by atoms with Gasteiger partial charge in [0.25, 0.3) is 11.8 Å². The molecule has 14 nitrogen and oxygen atoms in total. The topological polar surface area (TPSA) is 249 Å². The molecule has 0 aromatic heterocycles. The summed E-state index contributed by atoms with van der Waals surface area (Å²) >= 11 is 0. The van der Waals surface area contributed by atoms with E-state index in [0.29, 0.717) is 23.7 Å². The Labute approximate surface area is 260 Å². The van der Waals surface area contributed by atoms with Crippen LogP contribution in [0.1, 0.15) is 71.2 Å². The van der Waals surface area contributed by atoms with Crippen LogP contribution in [0.3, 0.4) is 0 Å². The lowest BCUT2D eigenvalue weighted by molar-refractivity contribution is -0.138. The largest absolute Gasteiger partial charge is 0.480 e. The van der Waals surface area contributed by atoms with Crippen molar-refractivity contribution in [2.24, 2.45) is 23.1 Å². The van der Waals surface area contributed by atoms with Crippen molar-refractivity contribution in [1.82, 2.24) is 10.6 Å². The average Bonchev–Trinajstić information content (AvgIpc) is 3.02. The summed E-state index contributed by atoms with van der Waals surface area (Å²) in [7, 11) is 0. The first-order chi connectivity index (χ1) is 21.4. The lowest BCUT2D eigenvalue weighted by Gasteiger charge is -2.22. The highest BCUT2D eigenvalue weighted by atomic mass is 16.4. The summed E-state index contributed by atoms with van der Waals surface area (Å²) in [5.74, 6) is -3.54. The van der Waals surface area contributed by atoms with Gasteiger partial charge in [0.1, 0.15) is 6.54 Å². The molecule has 45 heavy (non-hydrogen) atoms. The Morgan fingerprint density at radius 1 is 0.778 bits per heavy atom. The van der Waals surface area contributed by atoms with E-state index in [1.54, 1.807) is 24.3 Å². The molecule has 2 aromatic rings. The molecule has 0 radical (unpaired) electrons. The first-order valence-electron chi connectivity index (χ1n) is 14.8. The molecule has 1 aliphatic carbocycles. The lowest BCUT2D eigenvalue weighted by atomic mass is 9.89. The highest BCUT2D eigenvalue weighted by Crippen LogP contribution is 2.23. The Kier molecular flexibility index (Phi) is 13.0. The van der Waals surface area contributed by atoms with E-state index < -0.39 is 54.1 Å². The van der Waals surface area contributed by atoms with Gasteiger partial charge in [-0.2, -0.15) is 0 Å². The molecule has 0 saturated heterocycles. The van der Waals surface area contributed by atoms with Crippen LogP contribution < -0.4 is 38.5 Å². The zero-order valence-electron chi connectivity index (χ0n) is 25.0. The summed E-state index contributed by atoms with van der Waals surface area (Å²) in [4.78, 5) is 72.8. The molecule has 3 rings (SSSR count). The number of hydrogen-bond donors (Lipinski definition) is 8. The van der Waals surface area contributed by atoms with Gasteiger partial charge in [-0.25, -0.2) is 0 Å². The number of carboxylic acids is 1. The second kappa shape index (κ2) is 16.9. The molecule has 0 spiro atoms. The van der Waals surface area contributed by atoms with Crippen LogP contribution in [-0.2, 0) is 25.6 Å². The van der Waals surface area contributed by atoms with Gasteiger partial charge in [-0.05, 0) is 67.5 Å². The summed E-state index contributed by atoms with van der Waals surface area (Å²) in [5, 5.41) is 19.2. The molecule has 14 heteroatoms. The fourth-order valence-corrected chi connectivity index (χ4v) is 4.92. The molecule has 2 aromatic carbocycles. The molecule has 0 heterocycles. The van der Waals surface area contributed by atoms with Crippen LogP contribution >= 0.6 is 0 Å². The normalized spacial score (nSPS) is 14.4. The number of primary amides is 1. The van der Waals surface area contributed by atoms with Crippen LogP contribution in [0, 0.1) is 5.92 Å². The van der Waals surface area contributed by atoms with Gasteiger partial charge in [0.2, 0.25) is 17.7 Å². The molecule has 0 bridgehead atoms. The molecular formula is C31H41N7O7. The van der Waals surface area contributed by atoms with Gasteiger partial charge in [0.15, 0.2) is 0 Å². The third-order valence-corrected chi connectivity index (χ3v) is 7.46. The Bertz CT molecular complexity index is 1390. The molecule has 1 fully saturated rings. The second-order valence-electron chi connectivity index (χ2n) is 11.2. The molecule has 0 aliphatic heterocycles. The van der Waals surface area contributed by atoms with E-state index in [1.165, 1.54) is 24.6 Å². The zero-order chi connectivity index (χ0) is 32.9. The Morgan fingerprint density at radius 3 is 2.04 bits per heavy atom. The van der Waals surface area contributed by atoms with Gasteiger partial charge in [-0.1, -0.05) is 31.4 Å². The number of rotatable bonds is 15. The van der Waals surface area contributed by atoms with Crippen LogP contribution in [0.25, 0.3) is 0 Å². The molecule has 2 unspecified atom stereocenters. The molecule has 5 amide bonds. The molecular weight excluding hydrogens is 582 g/mol. The smallest absolute Gasteiger partial charge is 0.322 e. The van der Waals surface area contributed by atoms with Crippen LogP contribution in [0.5, 0.6) is 0 Å². The van der Waals surface area contributed by atoms with Gasteiger partial charge in [0.05, 0.1) is 12.1 Å². The number of nitrogens with two attached hydrogens (primary N) is 3. The summed E-state index contributed by atoms with van der Waals surface area (Å²) in [6, 6.07) is 8.83. The van der Waals surface area contributed by atoms with E-state index in [2.05, 4.69) is 21.3 Å². The van der Waals surface area contributed by atoms with E-state index in [9.17, 15) is 28.8 Å². The van der Waals surface area contributed by atoms with Gasteiger partial charge in [-0.15, -0.1) is 0 Å². The number of carbonyl (C=O) groups is 6. The minimum Gasteiger partial charge on any atom is -0.480 e. The zero-order valence-corrected chi connectivity index (χ0v) is 25.0. The number of carboxylic acid groups (broad SMARTS) is 1. The third kappa shape index (κ3) is 11.7. The SMILES string of the molecule is NC(=O)CCC(N)C(=O)Nc1cc(C(=O)NCC2CCCCC2)cc(C(=O)Nc2ccc(CC(N)C(=O)NCC(=O)O)cc2)c1. The average molecular weight is 624 g/mol. The van der Waals surface area contributed by atoms with E-state index >= 15 is 0 Å². The monoisotopic (exact) mass is 623 g/mol. The number of carbonyl (C=O) groups excluding carboxylic acids is 5. The molecule has 1 aliphatic rings. The summed E-state index contributed by atoms with van der Waals surface area (Å²) in [6.07, 6.45) is 5.61. The van der Waals surface area contributed by atoms with Crippen molar-refractivity contribution < 1.29 is 33.9 Å². The highest BCUT2D eigenvalue weighted by molar-refractivity contribution is 6.08. The first-order valence-corrected chi connectivity index (χ1v) is 14.8. The van der Waals surface area contributed by atoms with Gasteiger partial charge in [0, 0.05) is 35.5 Å². The Balaban J connectivity index is 1.72. The van der Waals surface area contributed by atoms with E-state index in [0.717, 1.165) is 25.7 Å². The predicted molar refractivity (Wildman–Crippen MR) is 167 cm³/mol. The standard InChI is InChI=1S/C31H41N7O7/c32-24(10-11-26(34)39)31(45)38-23-14-20(28(42)35-16-19-4-2-1-3-5-19)13-21(15-23)29(43)37-22-8-6-18(7-9-22)12-25(33)30(44)36-17-27(40)41/h6-9,13-15,19,24-25H,1-5,10-12,16-17,32-33H2,(H2,34,39)(H,35,42)(H,36,44)(H,37,43)(H,38,45)(H,40,41). The number of nitrogens with one attached hydrogen (secondary N) is 4. The maximum absolute atomic E-state index is 13.3. The van der Waals surface area contributed by atoms with Crippen LogP contribution in [0.2, 0.25) is 0 Å². The summed E-state index contributed by atoms with van der Waals surface area (Å²) in [5.41, 5.74) is 18.5. The summed E-state index contributed by atoms with van der Waals surface area (Å²) in [6.45, 7) is -0.0272. The maximum Gasteiger partial charge on any atom is 0.322 e. The number of amides is 5. The minimum absolute atomic E-state index is 0.0317. The maximum atomic E-state index is 13.3. The van der Waals surface area contributed by atoms with E-state index in [-0.39, 0.29) is 36.1 Å². The van der Waals surface area contributed by atoms with Crippen molar-refractivity contribution in [3.63, 3.8) is 0 Å². The Hall–Kier alpha value is -4.82. The molecule has 2 atom stereocenters. The predicted octanol–water partition coefficient (Wildman–Crippen LogP) is 0.851.